The van der Waals surface area contributed by atoms with Crippen LogP contribution in [0.5, 0.6) is 17.2 Å². The number of nitro groups is 1. The van der Waals surface area contributed by atoms with E-state index in [1.807, 2.05) is 6.92 Å². The van der Waals surface area contributed by atoms with E-state index < -0.39 is 73.6 Å². The Kier molecular flexibility index (Phi) is 9.81. The molecule has 2 N–H and O–H groups in total. The lowest BCUT2D eigenvalue weighted by molar-refractivity contribution is -0.385. The maximum absolute atomic E-state index is 14.2. The zero-order chi connectivity index (χ0) is 31.8. The topological polar surface area (TPSA) is 170 Å². The van der Waals surface area contributed by atoms with E-state index in [1.54, 1.807) is 12.1 Å². The van der Waals surface area contributed by atoms with Crippen LogP contribution in [0.25, 0.3) is 0 Å². The molecule has 0 amide bonds. The molecule has 0 saturated carbocycles. The number of unbranched alkanes of at least 4 members (excludes halogenated alkanes) is 2. The quantitative estimate of drug-likeness (QED) is 0.0373. The van der Waals surface area contributed by atoms with Crippen molar-refractivity contribution in [2.75, 3.05) is 6.61 Å². The molecule has 4 aromatic rings. The molecule has 0 spiro atoms. The third-order valence-electron chi connectivity index (χ3n) is 6.63. The minimum absolute atomic E-state index is 0.0244. The Morgan fingerprint density at radius 2 is 1.30 bits per heavy atom. The van der Waals surface area contributed by atoms with E-state index in [0.29, 0.717) is 12.8 Å². The number of phenols is 2. The zero-order valence-corrected chi connectivity index (χ0v) is 23.5. The lowest BCUT2D eigenvalue weighted by atomic mass is 9.88. The van der Waals surface area contributed by atoms with Crippen LogP contribution >= 0.6 is 0 Å². The summed E-state index contributed by atoms with van der Waals surface area (Å²) in [6.07, 6.45) is 1.90. The van der Waals surface area contributed by atoms with E-state index in [9.17, 15) is 39.5 Å². The smallest absolute Gasteiger partial charge is 0.343 e. The van der Waals surface area contributed by atoms with E-state index in [0.717, 1.165) is 18.6 Å². The van der Waals surface area contributed by atoms with E-state index in [1.165, 1.54) is 60.7 Å². The summed E-state index contributed by atoms with van der Waals surface area (Å²) in [6.45, 7) is 1.79. The normalized spacial score (nSPS) is 10.6. The summed E-state index contributed by atoms with van der Waals surface area (Å²) in [7, 11) is 0. The van der Waals surface area contributed by atoms with Crippen LogP contribution in [0.1, 0.15) is 78.7 Å². The summed E-state index contributed by atoms with van der Waals surface area (Å²) in [5.74, 6) is -7.92. The summed E-state index contributed by atoms with van der Waals surface area (Å²) in [4.78, 5) is 65.8. The molecule has 11 nitrogen and oxygen atoms in total. The van der Waals surface area contributed by atoms with E-state index >= 15 is 0 Å². The molecule has 4 aromatic carbocycles. The number of ketones is 2. The number of benzene rings is 4. The van der Waals surface area contributed by atoms with Crippen molar-refractivity contribution < 1.29 is 43.8 Å². The predicted molar refractivity (Wildman–Crippen MR) is 157 cm³/mol. The monoisotopic (exact) mass is 597 g/mol. The van der Waals surface area contributed by atoms with Gasteiger partial charge < -0.3 is 19.7 Å². The van der Waals surface area contributed by atoms with E-state index in [2.05, 4.69) is 0 Å². The van der Waals surface area contributed by atoms with Gasteiger partial charge in [-0.05, 0) is 24.6 Å². The van der Waals surface area contributed by atoms with Gasteiger partial charge in [0.25, 0.3) is 5.69 Å². The number of ether oxygens (including phenoxy) is 2. The van der Waals surface area contributed by atoms with Crippen molar-refractivity contribution in [3.63, 3.8) is 0 Å². The van der Waals surface area contributed by atoms with E-state index in [-0.39, 0.29) is 17.7 Å². The standard InChI is InChI=1S/C33H27NO10/c1-2-3-12-19-43-33(40)24-25(27(35)20-13-6-4-7-14-20)29(37)30(38)31(44-32(39)21-15-8-5-9-16-21)26(24)28(36)22-17-10-11-18-23(22)34(41)42/h4-11,13-18,37-38H,2-3,12,19H2,1H3. The lowest BCUT2D eigenvalue weighted by Crippen LogP contribution is -2.22. The first-order valence-corrected chi connectivity index (χ1v) is 13.6. The molecule has 11 heteroatoms. The number of rotatable bonds is 12. The van der Waals surface area contributed by atoms with Crippen molar-refractivity contribution in [1.29, 1.82) is 0 Å². The van der Waals surface area contributed by atoms with Crippen LogP contribution in [0.15, 0.2) is 84.9 Å². The number of hydrogen-bond acceptors (Lipinski definition) is 10. The molecule has 44 heavy (non-hydrogen) atoms. The zero-order valence-electron chi connectivity index (χ0n) is 23.5. The summed E-state index contributed by atoms with van der Waals surface area (Å²) >= 11 is 0. The van der Waals surface area contributed by atoms with Gasteiger partial charge in [0.05, 0.1) is 33.8 Å². The molecular formula is C33H27NO10. The highest BCUT2D eigenvalue weighted by molar-refractivity contribution is 6.24. The van der Waals surface area contributed by atoms with Crippen molar-refractivity contribution in [2.24, 2.45) is 0 Å². The molecule has 0 aliphatic carbocycles. The first-order valence-electron chi connectivity index (χ1n) is 13.6. The molecule has 4 rings (SSSR count). The third kappa shape index (κ3) is 6.46. The minimum Gasteiger partial charge on any atom is -0.504 e. The maximum atomic E-state index is 14.2. The fourth-order valence-electron chi connectivity index (χ4n) is 4.45. The Balaban J connectivity index is 2.06. The van der Waals surface area contributed by atoms with Gasteiger partial charge in [-0.1, -0.05) is 80.4 Å². The van der Waals surface area contributed by atoms with Gasteiger partial charge in [0.15, 0.2) is 17.3 Å². The van der Waals surface area contributed by atoms with Crippen molar-refractivity contribution >= 4 is 29.2 Å². The van der Waals surface area contributed by atoms with E-state index in [4.69, 9.17) is 9.47 Å². The van der Waals surface area contributed by atoms with Gasteiger partial charge >= 0.3 is 11.9 Å². The highest BCUT2D eigenvalue weighted by Crippen LogP contribution is 2.47. The van der Waals surface area contributed by atoms with Crippen LogP contribution in [-0.4, -0.2) is 45.2 Å². The van der Waals surface area contributed by atoms with Crippen molar-refractivity contribution in [1.82, 2.24) is 0 Å². The fraction of sp³-hybridized carbons (Fsp3) is 0.152. The van der Waals surface area contributed by atoms with Gasteiger partial charge in [-0.25, -0.2) is 9.59 Å². The van der Waals surface area contributed by atoms with Gasteiger partial charge in [-0.2, -0.15) is 0 Å². The number of phenolic OH excluding ortho intramolecular Hbond substituents is 2. The summed E-state index contributed by atoms with van der Waals surface area (Å²) in [5, 5.41) is 34.2. The molecule has 0 bridgehead atoms. The van der Waals surface area contributed by atoms with Crippen LogP contribution in [0.3, 0.4) is 0 Å². The van der Waals surface area contributed by atoms with Crippen molar-refractivity contribution in [2.45, 2.75) is 26.2 Å². The fourth-order valence-corrected chi connectivity index (χ4v) is 4.45. The predicted octanol–water partition coefficient (Wildman–Crippen LogP) is 6.03. The first kappa shape index (κ1) is 31.1. The SMILES string of the molecule is CCCCCOC(=O)c1c(C(=O)c2ccccc2)c(O)c(O)c(OC(=O)c2ccccc2)c1C(=O)c1ccccc1[N+](=O)[O-]. The Morgan fingerprint density at radius 1 is 0.705 bits per heavy atom. The summed E-state index contributed by atoms with van der Waals surface area (Å²) in [5.41, 5.74) is -3.77. The average molecular weight is 598 g/mol. The molecule has 224 valence electrons. The Bertz CT molecular complexity index is 1730. The molecule has 0 aromatic heterocycles. The molecule has 0 aliphatic heterocycles. The van der Waals surface area contributed by atoms with Crippen molar-refractivity contribution in [3.8, 4) is 17.2 Å². The number of hydrogen-bond donors (Lipinski definition) is 2. The molecule has 0 saturated heterocycles. The highest BCUT2D eigenvalue weighted by Gasteiger charge is 2.39. The Morgan fingerprint density at radius 3 is 1.91 bits per heavy atom. The molecule has 0 aliphatic rings. The van der Waals surface area contributed by atoms with Gasteiger partial charge in [-0.15, -0.1) is 0 Å². The highest BCUT2D eigenvalue weighted by atomic mass is 16.6. The molecule has 0 fully saturated rings. The summed E-state index contributed by atoms with van der Waals surface area (Å²) < 4.78 is 10.8. The molecule has 0 radical (unpaired) electrons. The van der Waals surface area contributed by atoms with Gasteiger partial charge in [0, 0.05) is 11.6 Å². The second-order valence-electron chi connectivity index (χ2n) is 9.55. The minimum atomic E-state index is -1.25. The number of esters is 2. The largest absolute Gasteiger partial charge is 0.504 e. The van der Waals surface area contributed by atoms with Crippen LogP contribution in [-0.2, 0) is 4.74 Å². The van der Waals surface area contributed by atoms with Gasteiger partial charge in [0.1, 0.15) is 5.56 Å². The number of nitro benzene ring substituents is 1. The Hall–Kier alpha value is -5.84. The lowest BCUT2D eigenvalue weighted by Gasteiger charge is -2.20. The second-order valence-corrected chi connectivity index (χ2v) is 9.55. The maximum Gasteiger partial charge on any atom is 0.343 e. The molecule has 0 unspecified atom stereocenters. The molecule has 0 atom stereocenters. The molecule has 0 heterocycles. The molecular weight excluding hydrogens is 570 g/mol. The summed E-state index contributed by atoms with van der Waals surface area (Å²) in [6, 6.07) is 19.6. The number of nitrogens with zero attached hydrogens (tertiary/aromatic N) is 1. The second kappa shape index (κ2) is 13.9. The van der Waals surface area contributed by atoms with Crippen LogP contribution in [0.4, 0.5) is 5.69 Å². The average Bonchev–Trinajstić information content (AvgIpc) is 3.05. The third-order valence-corrected chi connectivity index (χ3v) is 6.63. The van der Waals surface area contributed by atoms with Crippen LogP contribution < -0.4 is 4.74 Å². The van der Waals surface area contributed by atoms with Crippen molar-refractivity contribution in [3.05, 3.63) is 128 Å². The van der Waals surface area contributed by atoms with Crippen LogP contribution in [0.2, 0.25) is 0 Å². The number of carbonyl (C=O) groups excluding carboxylic acids is 4. The first-order chi connectivity index (χ1) is 21.2. The van der Waals surface area contributed by atoms with Gasteiger partial charge in [0.2, 0.25) is 11.5 Å². The van der Waals surface area contributed by atoms with Gasteiger partial charge in [-0.3, -0.25) is 19.7 Å². The number of para-hydroxylation sites is 1. The van der Waals surface area contributed by atoms with Crippen LogP contribution in [0, 0.1) is 10.1 Å². The Labute approximate surface area is 251 Å². The number of aromatic hydroxyl groups is 2. The number of carbonyl (C=O) groups is 4.